The molecule has 126 valence electrons. The van der Waals surface area contributed by atoms with Gasteiger partial charge in [0.2, 0.25) is 0 Å². The molecule has 2 aromatic carbocycles. The second-order valence-corrected chi connectivity index (χ2v) is 7.22. The van der Waals surface area contributed by atoms with Crippen LogP contribution in [0.15, 0.2) is 53.4 Å². The summed E-state index contributed by atoms with van der Waals surface area (Å²) < 4.78 is 32.0. The minimum atomic E-state index is -3.78. The maximum Gasteiger partial charge on any atom is 0.284 e. The molecule has 3 rings (SSSR count). The molecule has 0 amide bonds. The van der Waals surface area contributed by atoms with Gasteiger partial charge in [0.25, 0.3) is 10.0 Å². The van der Waals surface area contributed by atoms with Crippen LogP contribution < -0.4 is 4.74 Å². The summed E-state index contributed by atoms with van der Waals surface area (Å²) in [6.45, 7) is 2.77. The first-order valence-electron chi connectivity index (χ1n) is 7.92. The fraction of sp³-hybridized carbons (Fsp3) is 0.294. The van der Waals surface area contributed by atoms with Gasteiger partial charge in [0.1, 0.15) is 16.8 Å². The van der Waals surface area contributed by atoms with E-state index in [2.05, 4.69) is 17.2 Å². The first kappa shape index (κ1) is 16.4. The lowest BCUT2D eigenvalue weighted by atomic mass is 10.3. The molecule has 0 aliphatic heterocycles. The van der Waals surface area contributed by atoms with Crippen molar-refractivity contribution in [2.45, 2.75) is 31.1 Å². The van der Waals surface area contributed by atoms with E-state index in [4.69, 9.17) is 4.74 Å². The van der Waals surface area contributed by atoms with Crippen LogP contribution in [0.2, 0.25) is 0 Å². The topological polar surface area (TPSA) is 74.1 Å². The summed E-state index contributed by atoms with van der Waals surface area (Å²) >= 11 is 0. The molecule has 0 fully saturated rings. The number of para-hydroxylation sites is 1. The molecule has 0 bridgehead atoms. The molecule has 0 N–H and O–H groups in total. The Labute approximate surface area is 141 Å². The van der Waals surface area contributed by atoms with E-state index in [1.165, 1.54) is 12.1 Å². The minimum Gasteiger partial charge on any atom is -0.494 e. The van der Waals surface area contributed by atoms with Crippen molar-refractivity contribution >= 4 is 21.1 Å². The molecule has 0 radical (unpaired) electrons. The Morgan fingerprint density at radius 1 is 1.04 bits per heavy atom. The predicted molar refractivity (Wildman–Crippen MR) is 91.6 cm³/mol. The van der Waals surface area contributed by atoms with Gasteiger partial charge in [-0.15, -0.1) is 9.19 Å². The highest BCUT2D eigenvalue weighted by atomic mass is 32.2. The first-order valence-corrected chi connectivity index (χ1v) is 9.36. The molecule has 7 heteroatoms. The Hall–Kier alpha value is -2.41. The minimum absolute atomic E-state index is 0.152. The van der Waals surface area contributed by atoms with E-state index in [9.17, 15) is 8.42 Å². The summed E-state index contributed by atoms with van der Waals surface area (Å²) in [4.78, 5) is 0.152. The normalized spacial score (nSPS) is 11.7. The van der Waals surface area contributed by atoms with Gasteiger partial charge in [-0.2, -0.15) is 8.42 Å². The van der Waals surface area contributed by atoms with E-state index in [-0.39, 0.29) is 4.90 Å². The Morgan fingerprint density at radius 2 is 1.79 bits per heavy atom. The number of ether oxygens (including phenoxy) is 1. The van der Waals surface area contributed by atoms with Crippen LogP contribution in [-0.2, 0) is 10.0 Å². The summed E-state index contributed by atoms with van der Waals surface area (Å²) in [5, 5.41) is 7.68. The van der Waals surface area contributed by atoms with Crippen LogP contribution in [0.5, 0.6) is 5.75 Å². The van der Waals surface area contributed by atoms with Gasteiger partial charge in [-0.05, 0) is 42.8 Å². The standard InChI is InChI=1S/C17H19N3O3S/c1-2-3-6-13-23-14-9-11-15(12-10-14)24(21,22)20-17-8-5-4-7-16(17)18-19-20/h4-5,7-12H,2-3,6,13H2,1H3. The molecule has 0 aliphatic rings. The molecule has 3 aromatic rings. The molecule has 1 aromatic heterocycles. The number of aromatic nitrogens is 3. The van der Waals surface area contributed by atoms with Crippen molar-refractivity contribution in [1.82, 2.24) is 14.4 Å². The molecule has 1 heterocycles. The average molecular weight is 345 g/mol. The summed E-state index contributed by atoms with van der Waals surface area (Å²) in [6, 6.07) is 13.3. The van der Waals surface area contributed by atoms with Gasteiger partial charge < -0.3 is 4.74 Å². The van der Waals surface area contributed by atoms with Gasteiger partial charge in [0, 0.05) is 0 Å². The van der Waals surface area contributed by atoms with Gasteiger partial charge in [0.05, 0.1) is 11.5 Å². The largest absolute Gasteiger partial charge is 0.494 e. The molecule has 0 atom stereocenters. The zero-order valence-electron chi connectivity index (χ0n) is 13.4. The van der Waals surface area contributed by atoms with Crippen molar-refractivity contribution < 1.29 is 13.2 Å². The Bertz CT molecular complexity index is 918. The molecule has 0 saturated carbocycles. The molecule has 24 heavy (non-hydrogen) atoms. The van der Waals surface area contributed by atoms with Crippen molar-refractivity contribution in [1.29, 1.82) is 0 Å². The van der Waals surface area contributed by atoms with Crippen LogP contribution in [-0.4, -0.2) is 29.4 Å². The van der Waals surface area contributed by atoms with E-state index < -0.39 is 10.0 Å². The second-order valence-electron chi connectivity index (χ2n) is 5.45. The number of fused-ring (bicyclic) bond motifs is 1. The van der Waals surface area contributed by atoms with Crippen molar-refractivity contribution in [3.8, 4) is 5.75 Å². The van der Waals surface area contributed by atoms with Crippen molar-refractivity contribution in [3.63, 3.8) is 0 Å². The lowest BCUT2D eigenvalue weighted by Crippen LogP contribution is -2.14. The second kappa shape index (κ2) is 7.00. The number of nitrogens with zero attached hydrogens (tertiary/aromatic N) is 3. The average Bonchev–Trinajstić information content (AvgIpc) is 3.04. The Kier molecular flexibility index (Phi) is 4.80. The van der Waals surface area contributed by atoms with Gasteiger partial charge in [-0.25, -0.2) is 0 Å². The number of rotatable bonds is 7. The maximum atomic E-state index is 12.7. The van der Waals surface area contributed by atoms with E-state index in [1.807, 2.05) is 0 Å². The van der Waals surface area contributed by atoms with Crippen molar-refractivity contribution in [3.05, 3.63) is 48.5 Å². The highest BCUT2D eigenvalue weighted by Crippen LogP contribution is 2.21. The third-order valence-corrected chi connectivity index (χ3v) is 5.28. The zero-order chi connectivity index (χ0) is 17.0. The highest BCUT2D eigenvalue weighted by Gasteiger charge is 2.21. The summed E-state index contributed by atoms with van der Waals surface area (Å²) in [5.41, 5.74) is 0.995. The van der Waals surface area contributed by atoms with Crippen molar-refractivity contribution in [2.24, 2.45) is 0 Å². The molecule has 0 unspecified atom stereocenters. The van der Waals surface area contributed by atoms with Crippen molar-refractivity contribution in [2.75, 3.05) is 6.61 Å². The molecular formula is C17H19N3O3S. The SMILES string of the molecule is CCCCCOc1ccc(S(=O)(=O)n2nnc3ccccc32)cc1. The molecule has 0 saturated heterocycles. The van der Waals surface area contributed by atoms with Crippen LogP contribution in [0.25, 0.3) is 11.0 Å². The number of hydrogen-bond acceptors (Lipinski definition) is 5. The smallest absolute Gasteiger partial charge is 0.284 e. The predicted octanol–water partition coefficient (Wildman–Crippen LogP) is 3.24. The van der Waals surface area contributed by atoms with Crippen LogP contribution in [0, 0.1) is 0 Å². The van der Waals surface area contributed by atoms with Gasteiger partial charge >= 0.3 is 0 Å². The zero-order valence-corrected chi connectivity index (χ0v) is 14.2. The van der Waals surface area contributed by atoms with E-state index >= 15 is 0 Å². The molecule has 0 spiro atoms. The molecular weight excluding hydrogens is 326 g/mol. The summed E-state index contributed by atoms with van der Waals surface area (Å²) in [5.74, 6) is 0.661. The fourth-order valence-electron chi connectivity index (χ4n) is 2.37. The Balaban J connectivity index is 1.82. The summed E-state index contributed by atoms with van der Waals surface area (Å²) in [6.07, 6.45) is 3.24. The third-order valence-electron chi connectivity index (χ3n) is 3.69. The fourth-order valence-corrected chi connectivity index (χ4v) is 3.60. The van der Waals surface area contributed by atoms with Gasteiger partial charge in [-0.1, -0.05) is 37.1 Å². The summed E-state index contributed by atoms with van der Waals surface area (Å²) in [7, 11) is -3.78. The highest BCUT2D eigenvalue weighted by molar-refractivity contribution is 7.90. The van der Waals surface area contributed by atoms with E-state index in [0.29, 0.717) is 23.4 Å². The number of hydrogen-bond donors (Lipinski definition) is 0. The number of unbranched alkanes of at least 4 members (excludes halogenated alkanes) is 2. The molecule has 6 nitrogen and oxygen atoms in total. The third kappa shape index (κ3) is 3.26. The van der Waals surface area contributed by atoms with Crippen LogP contribution in [0.1, 0.15) is 26.2 Å². The van der Waals surface area contributed by atoms with Gasteiger partial charge in [-0.3, -0.25) is 0 Å². The van der Waals surface area contributed by atoms with E-state index in [1.54, 1.807) is 36.4 Å². The van der Waals surface area contributed by atoms with Crippen LogP contribution in [0.4, 0.5) is 0 Å². The van der Waals surface area contributed by atoms with Crippen LogP contribution in [0.3, 0.4) is 0 Å². The van der Waals surface area contributed by atoms with E-state index in [0.717, 1.165) is 23.3 Å². The van der Waals surface area contributed by atoms with Crippen LogP contribution >= 0.6 is 0 Å². The van der Waals surface area contributed by atoms with Gasteiger partial charge in [0.15, 0.2) is 0 Å². The first-order chi connectivity index (χ1) is 11.6. The quantitative estimate of drug-likeness (QED) is 0.615. The Morgan fingerprint density at radius 3 is 2.54 bits per heavy atom. The maximum absolute atomic E-state index is 12.7. The lowest BCUT2D eigenvalue weighted by Gasteiger charge is -2.08. The monoisotopic (exact) mass is 345 g/mol. The number of benzene rings is 2. The molecule has 0 aliphatic carbocycles. The lowest BCUT2D eigenvalue weighted by molar-refractivity contribution is 0.306.